The summed E-state index contributed by atoms with van der Waals surface area (Å²) < 4.78 is 0. The molecule has 0 spiro atoms. The van der Waals surface area contributed by atoms with Crippen molar-refractivity contribution in [1.82, 2.24) is 30.8 Å². The summed E-state index contributed by atoms with van der Waals surface area (Å²) in [6.07, 6.45) is 27.1. The van der Waals surface area contributed by atoms with E-state index in [9.17, 15) is 47.9 Å². The Kier molecular flexibility index (Phi) is 29.1. The topological polar surface area (TPSA) is 304 Å². The van der Waals surface area contributed by atoms with Crippen LogP contribution in [0.4, 0.5) is 0 Å². The standard InChI is InChI=1S/C24H42N4O4.C17H24N4O7.C11H23N/c1-2-20(24(25)32)28-17-18(15-23(28)31)16-26-21(29)13-14-22(30)27-19-11-9-7-5-3-4-6-8-10-12-19;1-2-11(17(18)27)20-9-10(7-15(20)25)8-19-12(22)3-6-16(26)28-21-13(23)4-5-14(21)24;12-11-9-7-5-3-1-2-4-6-8-10-11/h18-20H,2-17H2,1H3,(H2,25,32)(H,26,29)(H,27,30);10-11H,2-9H2,1H3,(H2,18,27)(H,19,22);11H,1-10,12H2/t18?,20-;10?,11-;/m11./s1. The van der Waals surface area contributed by atoms with E-state index in [0.717, 1.165) is 25.7 Å². The predicted molar refractivity (Wildman–Crippen MR) is 270 cm³/mol. The summed E-state index contributed by atoms with van der Waals surface area (Å²) in [7, 11) is 0. The third-order valence-electron chi connectivity index (χ3n) is 14.3. The number of hydrogen-bond acceptors (Lipinski definition) is 12. The fourth-order valence-electron chi connectivity index (χ4n) is 10.0. The Morgan fingerprint density at radius 3 is 1.28 bits per heavy atom. The molecule has 408 valence electrons. The van der Waals surface area contributed by atoms with Gasteiger partial charge in [-0.05, 0) is 38.5 Å². The molecule has 5 fully saturated rings. The molecule has 2 unspecified atom stereocenters. The molecule has 9 N–H and O–H groups in total. The van der Waals surface area contributed by atoms with E-state index in [-0.39, 0.29) is 93.0 Å². The first-order chi connectivity index (χ1) is 34.5. The largest absolute Gasteiger partial charge is 0.368 e. The van der Waals surface area contributed by atoms with Gasteiger partial charge in [0.15, 0.2) is 0 Å². The number of carbonyl (C=O) groups is 10. The summed E-state index contributed by atoms with van der Waals surface area (Å²) in [6.45, 7) is 4.91. The normalized spacial score (nSPS) is 21.9. The molecule has 3 heterocycles. The number of likely N-dealkylation sites (tertiary alicyclic amines) is 2. The number of hydroxylamine groups is 2. The summed E-state index contributed by atoms with van der Waals surface area (Å²) in [4.78, 5) is 126. The number of amides is 9. The Hall–Kier alpha value is -5.14. The van der Waals surface area contributed by atoms with Crippen molar-refractivity contribution in [3.8, 4) is 0 Å². The number of nitrogens with zero attached hydrogens (tertiary/aromatic N) is 3. The van der Waals surface area contributed by atoms with Crippen LogP contribution in [0.3, 0.4) is 0 Å². The monoisotopic (exact) mass is 1020 g/mol. The van der Waals surface area contributed by atoms with Crippen LogP contribution < -0.4 is 33.2 Å². The molecular weight excluding hydrogens is 927 g/mol. The van der Waals surface area contributed by atoms with E-state index in [0.29, 0.717) is 50.0 Å². The molecule has 3 saturated heterocycles. The molecule has 3 aliphatic heterocycles. The molecule has 20 nitrogen and oxygen atoms in total. The van der Waals surface area contributed by atoms with Crippen LogP contribution in [0, 0.1) is 11.8 Å². The van der Waals surface area contributed by atoms with Crippen LogP contribution >= 0.6 is 0 Å². The van der Waals surface area contributed by atoms with E-state index in [2.05, 4.69) is 20.8 Å². The second-order valence-corrected chi connectivity index (χ2v) is 20.4. The van der Waals surface area contributed by atoms with Crippen molar-refractivity contribution in [1.29, 1.82) is 0 Å². The zero-order chi connectivity index (χ0) is 52.8. The lowest BCUT2D eigenvalue weighted by Gasteiger charge is -2.24. The van der Waals surface area contributed by atoms with Gasteiger partial charge in [0, 0.05) is 95.0 Å². The number of primary amides is 2. The van der Waals surface area contributed by atoms with E-state index in [4.69, 9.17) is 17.2 Å². The third-order valence-corrected chi connectivity index (χ3v) is 14.3. The maximum Gasteiger partial charge on any atom is 0.333 e. The molecule has 0 aromatic heterocycles. The zero-order valence-corrected chi connectivity index (χ0v) is 43.6. The Morgan fingerprint density at radius 1 is 0.528 bits per heavy atom. The third kappa shape index (κ3) is 23.6. The van der Waals surface area contributed by atoms with Crippen LogP contribution in [0.15, 0.2) is 0 Å². The molecule has 0 radical (unpaired) electrons. The lowest BCUT2D eigenvalue weighted by molar-refractivity contribution is -0.197. The van der Waals surface area contributed by atoms with Gasteiger partial charge >= 0.3 is 5.97 Å². The maximum atomic E-state index is 12.4. The highest BCUT2D eigenvalue weighted by Crippen LogP contribution is 2.23. The minimum Gasteiger partial charge on any atom is -0.368 e. The Morgan fingerprint density at radius 2 is 0.889 bits per heavy atom. The second kappa shape index (κ2) is 34.3. The highest BCUT2D eigenvalue weighted by atomic mass is 16.7. The predicted octanol–water partition coefficient (Wildman–Crippen LogP) is 4.23. The van der Waals surface area contributed by atoms with Crippen molar-refractivity contribution in [3.05, 3.63) is 0 Å². The number of rotatable bonds is 18. The van der Waals surface area contributed by atoms with Gasteiger partial charge in [0.25, 0.3) is 11.8 Å². The summed E-state index contributed by atoms with van der Waals surface area (Å²) in [5.74, 6) is -4.24. The molecular formula is C52H89N9O11. The molecule has 20 heteroatoms. The second-order valence-electron chi connectivity index (χ2n) is 20.4. The van der Waals surface area contributed by atoms with Crippen molar-refractivity contribution >= 4 is 59.1 Å². The first-order valence-electron chi connectivity index (χ1n) is 27.3. The number of hydrogen-bond donors (Lipinski definition) is 6. The molecule has 2 saturated carbocycles. The Balaban J connectivity index is 0.000000312. The molecule has 0 bridgehead atoms. The van der Waals surface area contributed by atoms with Crippen molar-refractivity contribution in [2.75, 3.05) is 26.2 Å². The quantitative estimate of drug-likeness (QED) is 0.105. The summed E-state index contributed by atoms with van der Waals surface area (Å²) in [5, 5.41) is 9.03. The molecule has 0 aromatic rings. The fraction of sp³-hybridized carbons (Fsp3) is 0.808. The number of imide groups is 1. The first kappa shape index (κ1) is 61.2. The van der Waals surface area contributed by atoms with Crippen molar-refractivity contribution in [3.63, 3.8) is 0 Å². The van der Waals surface area contributed by atoms with Crippen LogP contribution in [0.1, 0.15) is 206 Å². The summed E-state index contributed by atoms with van der Waals surface area (Å²) in [6, 6.07) is -0.517. The van der Waals surface area contributed by atoms with Crippen LogP contribution in [-0.4, -0.2) is 124 Å². The SMILES string of the molecule is CC[C@H](C(N)=O)N1CC(CNC(=O)CCC(=O)NC2CCCCCCCCCC2)CC1=O.CC[C@H](C(N)=O)N1CC(CNC(=O)CCC(=O)ON2C(=O)CCC2=O)CC1=O.NC1CCCCCCCCCC1. The van der Waals surface area contributed by atoms with Crippen LogP contribution in [-0.2, 0) is 52.8 Å². The van der Waals surface area contributed by atoms with Gasteiger partial charge in [-0.15, -0.1) is 5.06 Å². The minimum atomic E-state index is -0.854. The first-order valence-corrected chi connectivity index (χ1v) is 27.3. The molecule has 9 amide bonds. The minimum absolute atomic E-state index is 0.00162. The average Bonchev–Trinajstić information content (AvgIpc) is 3.98. The van der Waals surface area contributed by atoms with E-state index < -0.39 is 47.6 Å². The van der Waals surface area contributed by atoms with Gasteiger partial charge in [-0.25, -0.2) is 4.79 Å². The van der Waals surface area contributed by atoms with Gasteiger partial charge in [-0.2, -0.15) is 0 Å². The summed E-state index contributed by atoms with van der Waals surface area (Å²) >= 11 is 0. The summed E-state index contributed by atoms with van der Waals surface area (Å²) in [5.41, 5.74) is 16.7. The molecule has 5 aliphatic rings. The van der Waals surface area contributed by atoms with Crippen molar-refractivity contribution in [2.45, 2.75) is 231 Å². The van der Waals surface area contributed by atoms with E-state index in [1.54, 1.807) is 6.92 Å². The number of nitrogens with one attached hydrogen (secondary N) is 3. The molecule has 0 aromatic carbocycles. The smallest absolute Gasteiger partial charge is 0.333 e. The fourth-order valence-corrected chi connectivity index (χ4v) is 10.0. The van der Waals surface area contributed by atoms with Crippen LogP contribution in [0.25, 0.3) is 0 Å². The Labute approximate surface area is 427 Å². The van der Waals surface area contributed by atoms with Gasteiger partial charge in [0.2, 0.25) is 41.4 Å². The highest BCUT2D eigenvalue weighted by molar-refractivity contribution is 6.01. The van der Waals surface area contributed by atoms with E-state index in [1.165, 1.54) is 113 Å². The number of nitrogens with two attached hydrogens (primary N) is 3. The van der Waals surface area contributed by atoms with Crippen LogP contribution in [0.2, 0.25) is 0 Å². The van der Waals surface area contributed by atoms with Crippen molar-refractivity contribution in [2.24, 2.45) is 29.0 Å². The molecule has 4 atom stereocenters. The maximum absolute atomic E-state index is 12.4. The van der Waals surface area contributed by atoms with Gasteiger partial charge in [0.1, 0.15) is 12.1 Å². The molecule has 2 aliphatic carbocycles. The van der Waals surface area contributed by atoms with Gasteiger partial charge < -0.3 is 47.8 Å². The van der Waals surface area contributed by atoms with Gasteiger partial charge in [0.05, 0.1) is 6.42 Å². The molecule has 72 heavy (non-hydrogen) atoms. The van der Waals surface area contributed by atoms with E-state index >= 15 is 0 Å². The van der Waals surface area contributed by atoms with Gasteiger partial charge in [-0.3, -0.25) is 43.2 Å². The lowest BCUT2D eigenvalue weighted by atomic mass is 10.0. The zero-order valence-electron chi connectivity index (χ0n) is 43.6. The average molecular weight is 1020 g/mol. The van der Waals surface area contributed by atoms with Crippen LogP contribution in [0.5, 0.6) is 0 Å². The van der Waals surface area contributed by atoms with Gasteiger partial charge in [-0.1, -0.05) is 117 Å². The number of carbonyl (C=O) groups excluding carboxylic acids is 10. The lowest BCUT2D eigenvalue weighted by Crippen LogP contribution is -2.45. The highest BCUT2D eigenvalue weighted by Gasteiger charge is 2.38. The molecule has 5 rings (SSSR count). The van der Waals surface area contributed by atoms with E-state index in [1.807, 2.05) is 6.92 Å². The van der Waals surface area contributed by atoms with Crippen molar-refractivity contribution < 1.29 is 52.8 Å². The Bertz CT molecular complexity index is 1740.